The first-order valence-electron chi connectivity index (χ1n) is 7.06. The summed E-state index contributed by atoms with van der Waals surface area (Å²) in [7, 11) is -2.27. The number of ether oxygens (including phenoxy) is 1. The second-order valence-corrected chi connectivity index (χ2v) is 8.04. The maximum Gasteiger partial charge on any atom is 0.329 e. The van der Waals surface area contributed by atoms with Crippen LogP contribution in [0.15, 0.2) is 21.4 Å². The molecule has 1 aromatic carbocycles. The molecule has 23 heavy (non-hydrogen) atoms. The van der Waals surface area contributed by atoms with Crippen LogP contribution in [0.5, 0.6) is 5.75 Å². The van der Waals surface area contributed by atoms with Crippen LogP contribution in [0, 0.1) is 13.8 Å². The molecule has 126 valence electrons. The molecule has 2 aromatic rings. The van der Waals surface area contributed by atoms with Crippen LogP contribution in [0.1, 0.15) is 37.8 Å². The maximum absolute atomic E-state index is 12.5. The maximum atomic E-state index is 12.5. The number of sulfonamides is 1. The lowest BCUT2D eigenvalue weighted by Crippen LogP contribution is -2.14. The van der Waals surface area contributed by atoms with Crippen molar-refractivity contribution in [2.45, 2.75) is 44.9 Å². The van der Waals surface area contributed by atoms with Crippen LogP contribution in [-0.4, -0.2) is 25.7 Å². The molecule has 0 saturated carbocycles. The second-order valence-electron chi connectivity index (χ2n) is 6.36. The number of anilines is 1. The van der Waals surface area contributed by atoms with E-state index in [1.165, 1.54) is 12.1 Å². The van der Waals surface area contributed by atoms with Crippen molar-refractivity contribution in [2.24, 2.45) is 0 Å². The van der Waals surface area contributed by atoms with Gasteiger partial charge in [0.25, 0.3) is 10.0 Å². The molecule has 0 fully saturated rings. The summed E-state index contributed by atoms with van der Waals surface area (Å²) in [4.78, 5) is 0.115. The Bertz CT molecular complexity index is 796. The Morgan fingerprint density at radius 2 is 1.70 bits per heavy atom. The molecule has 1 heterocycles. The van der Waals surface area contributed by atoms with Gasteiger partial charge < -0.3 is 9.15 Å². The Hall–Kier alpha value is -2.09. The van der Waals surface area contributed by atoms with E-state index in [4.69, 9.17) is 9.15 Å². The summed E-state index contributed by atoms with van der Waals surface area (Å²) >= 11 is 0. The largest absolute Gasteiger partial charge is 0.496 e. The fraction of sp³-hybridized carbons (Fsp3) is 0.467. The summed E-state index contributed by atoms with van der Waals surface area (Å²) in [5.74, 6) is 1.02. The highest BCUT2D eigenvalue weighted by molar-refractivity contribution is 7.92. The van der Waals surface area contributed by atoms with Crippen molar-refractivity contribution >= 4 is 16.0 Å². The minimum atomic E-state index is -3.82. The molecule has 8 heteroatoms. The summed E-state index contributed by atoms with van der Waals surface area (Å²) in [6.45, 7) is 9.27. The molecule has 0 radical (unpaired) electrons. The van der Waals surface area contributed by atoms with Gasteiger partial charge in [0.15, 0.2) is 0 Å². The number of nitrogens with one attached hydrogen (secondary N) is 1. The van der Waals surface area contributed by atoms with Gasteiger partial charge in [-0.15, -0.1) is 5.10 Å². The zero-order chi connectivity index (χ0) is 17.4. The predicted octanol–water partition coefficient (Wildman–Crippen LogP) is 2.79. The smallest absolute Gasteiger partial charge is 0.329 e. The van der Waals surface area contributed by atoms with Crippen LogP contribution in [-0.2, 0) is 15.4 Å². The quantitative estimate of drug-likeness (QED) is 0.920. The zero-order valence-electron chi connectivity index (χ0n) is 14.1. The van der Waals surface area contributed by atoms with Gasteiger partial charge in [-0.3, -0.25) is 0 Å². The molecule has 0 unspecified atom stereocenters. The van der Waals surface area contributed by atoms with E-state index in [-0.39, 0.29) is 16.3 Å². The van der Waals surface area contributed by atoms with E-state index in [9.17, 15) is 8.42 Å². The fourth-order valence-electron chi connectivity index (χ4n) is 2.13. The number of hydrogen-bond donors (Lipinski definition) is 1. The summed E-state index contributed by atoms with van der Waals surface area (Å²) in [6.07, 6.45) is 0. The molecule has 0 aliphatic carbocycles. The van der Waals surface area contributed by atoms with Gasteiger partial charge >= 0.3 is 6.01 Å². The van der Waals surface area contributed by atoms with Crippen molar-refractivity contribution in [1.29, 1.82) is 0 Å². The van der Waals surface area contributed by atoms with E-state index in [0.717, 1.165) is 11.1 Å². The number of nitrogens with zero attached hydrogens (tertiary/aromatic N) is 2. The molecular formula is C15H21N3O4S. The molecule has 0 aliphatic rings. The summed E-state index contributed by atoms with van der Waals surface area (Å²) in [5.41, 5.74) is 1.10. The van der Waals surface area contributed by atoms with E-state index in [0.29, 0.717) is 11.6 Å². The lowest BCUT2D eigenvalue weighted by atomic mass is 9.97. The number of rotatable bonds is 4. The van der Waals surface area contributed by atoms with Gasteiger partial charge in [0.1, 0.15) is 5.75 Å². The van der Waals surface area contributed by atoms with Gasteiger partial charge in [-0.1, -0.05) is 25.9 Å². The van der Waals surface area contributed by atoms with Crippen LogP contribution in [0.3, 0.4) is 0 Å². The van der Waals surface area contributed by atoms with Crippen LogP contribution >= 0.6 is 0 Å². The normalized spacial score (nSPS) is 12.3. The standard InChI is InChI=1S/C15H21N3O4S/c1-9-7-11(8-10(2)12(9)21-6)23(19,20)18-14-17-16-13(22-14)15(3,4)5/h7-8H,1-6H3,(H,17,18). The lowest BCUT2D eigenvalue weighted by molar-refractivity contribution is 0.401. The molecule has 0 aliphatic heterocycles. The molecule has 0 spiro atoms. The number of benzene rings is 1. The van der Waals surface area contributed by atoms with Gasteiger partial charge in [-0.2, -0.15) is 0 Å². The predicted molar refractivity (Wildman–Crippen MR) is 86.3 cm³/mol. The van der Waals surface area contributed by atoms with Gasteiger partial charge in [0.2, 0.25) is 5.89 Å². The summed E-state index contributed by atoms with van der Waals surface area (Å²) in [6, 6.07) is 2.92. The highest BCUT2D eigenvalue weighted by atomic mass is 32.2. The first-order chi connectivity index (χ1) is 10.5. The minimum Gasteiger partial charge on any atom is -0.496 e. The number of aryl methyl sites for hydroxylation is 2. The Kier molecular flexibility index (Phi) is 4.39. The van der Waals surface area contributed by atoms with Gasteiger partial charge in [-0.25, -0.2) is 13.1 Å². The number of methoxy groups -OCH3 is 1. The van der Waals surface area contributed by atoms with Crippen molar-refractivity contribution in [3.05, 3.63) is 29.2 Å². The zero-order valence-corrected chi connectivity index (χ0v) is 14.9. The van der Waals surface area contributed by atoms with Gasteiger partial charge in [-0.05, 0) is 37.1 Å². The Morgan fingerprint density at radius 1 is 1.13 bits per heavy atom. The Labute approximate surface area is 136 Å². The van der Waals surface area contributed by atoms with Crippen LogP contribution in [0.25, 0.3) is 0 Å². The SMILES string of the molecule is COc1c(C)cc(S(=O)(=O)Nc2nnc(C(C)(C)C)o2)cc1C. The highest BCUT2D eigenvalue weighted by Gasteiger charge is 2.24. The lowest BCUT2D eigenvalue weighted by Gasteiger charge is -2.12. The topological polar surface area (TPSA) is 94.3 Å². The van der Waals surface area contributed by atoms with Crippen molar-refractivity contribution in [3.8, 4) is 5.75 Å². The number of aromatic nitrogens is 2. The molecule has 2 rings (SSSR count). The summed E-state index contributed by atoms with van der Waals surface area (Å²) < 4.78 is 37.9. The Balaban J connectivity index is 2.34. The van der Waals surface area contributed by atoms with E-state index in [2.05, 4.69) is 14.9 Å². The van der Waals surface area contributed by atoms with Crippen LogP contribution < -0.4 is 9.46 Å². The Morgan fingerprint density at radius 3 is 2.13 bits per heavy atom. The van der Waals surface area contributed by atoms with Gasteiger partial charge in [0.05, 0.1) is 12.0 Å². The van der Waals surface area contributed by atoms with E-state index < -0.39 is 10.0 Å². The minimum absolute atomic E-state index is 0.115. The molecule has 1 N–H and O–H groups in total. The third kappa shape index (κ3) is 3.64. The number of hydrogen-bond acceptors (Lipinski definition) is 6. The first kappa shape index (κ1) is 17.3. The third-order valence-corrected chi connectivity index (χ3v) is 4.54. The molecule has 0 amide bonds. The third-order valence-electron chi connectivity index (χ3n) is 3.24. The molecule has 0 atom stereocenters. The molecule has 1 aromatic heterocycles. The van der Waals surface area contributed by atoms with Crippen molar-refractivity contribution in [2.75, 3.05) is 11.8 Å². The highest BCUT2D eigenvalue weighted by Crippen LogP contribution is 2.28. The monoisotopic (exact) mass is 339 g/mol. The first-order valence-corrected chi connectivity index (χ1v) is 8.55. The van der Waals surface area contributed by atoms with E-state index in [1.54, 1.807) is 21.0 Å². The summed E-state index contributed by atoms with van der Waals surface area (Å²) in [5, 5.41) is 7.60. The molecular weight excluding hydrogens is 318 g/mol. The molecule has 0 saturated heterocycles. The van der Waals surface area contributed by atoms with Crippen LogP contribution in [0.4, 0.5) is 6.01 Å². The average molecular weight is 339 g/mol. The fourth-order valence-corrected chi connectivity index (χ4v) is 3.22. The van der Waals surface area contributed by atoms with E-state index >= 15 is 0 Å². The molecule has 0 bridgehead atoms. The van der Waals surface area contributed by atoms with Gasteiger partial charge in [0, 0.05) is 5.41 Å². The van der Waals surface area contributed by atoms with Crippen molar-refractivity contribution < 1.29 is 17.6 Å². The van der Waals surface area contributed by atoms with E-state index in [1.807, 2.05) is 20.8 Å². The van der Waals surface area contributed by atoms with Crippen LogP contribution in [0.2, 0.25) is 0 Å². The second kappa shape index (κ2) is 5.84. The molecule has 7 nitrogen and oxygen atoms in total. The average Bonchev–Trinajstić information content (AvgIpc) is 2.86. The van der Waals surface area contributed by atoms with Crippen molar-refractivity contribution in [3.63, 3.8) is 0 Å². The van der Waals surface area contributed by atoms with Crippen molar-refractivity contribution in [1.82, 2.24) is 10.2 Å².